The summed E-state index contributed by atoms with van der Waals surface area (Å²) in [5, 5.41) is 4.77. The maximum atomic E-state index is 13.5. The van der Waals surface area contributed by atoms with Gasteiger partial charge < -0.3 is 9.64 Å². The Morgan fingerprint density at radius 2 is 1.73 bits per heavy atom. The van der Waals surface area contributed by atoms with Crippen molar-refractivity contribution in [2.45, 2.75) is 63.3 Å². The molecule has 1 saturated carbocycles. The van der Waals surface area contributed by atoms with Crippen LogP contribution in [-0.4, -0.2) is 46.8 Å². The number of piperidine rings is 1. The number of ether oxygens (including phenoxy) is 1. The highest BCUT2D eigenvalue weighted by Gasteiger charge is 2.45. The maximum absolute atomic E-state index is 13.5. The molecule has 0 atom stereocenters. The minimum absolute atomic E-state index is 0.00384. The van der Waals surface area contributed by atoms with Crippen LogP contribution in [0.1, 0.15) is 74.1 Å². The first kappa shape index (κ1) is 20.6. The summed E-state index contributed by atoms with van der Waals surface area (Å²) in [6, 6.07) is 11.8. The van der Waals surface area contributed by atoms with Crippen molar-refractivity contribution in [3.63, 3.8) is 0 Å². The Hall–Kier alpha value is -2.63. The van der Waals surface area contributed by atoms with E-state index in [2.05, 4.69) is 20.8 Å². The van der Waals surface area contributed by atoms with E-state index in [1.54, 1.807) is 0 Å². The van der Waals surface area contributed by atoms with Gasteiger partial charge in [0.15, 0.2) is 0 Å². The van der Waals surface area contributed by atoms with Crippen LogP contribution in [0.2, 0.25) is 0 Å². The van der Waals surface area contributed by atoms with Crippen molar-refractivity contribution in [2.24, 2.45) is 0 Å². The zero-order valence-electron chi connectivity index (χ0n) is 18.4. The van der Waals surface area contributed by atoms with Gasteiger partial charge in [-0.3, -0.25) is 14.3 Å². The zero-order chi connectivity index (χ0) is 21.5. The minimum atomic E-state index is -0.698. The fourth-order valence-corrected chi connectivity index (χ4v) is 4.46. The van der Waals surface area contributed by atoms with Gasteiger partial charge in [-0.2, -0.15) is 5.10 Å². The number of amides is 1. The van der Waals surface area contributed by atoms with E-state index in [0.29, 0.717) is 37.5 Å². The summed E-state index contributed by atoms with van der Waals surface area (Å²) in [7, 11) is 1.44. The quantitative estimate of drug-likeness (QED) is 0.719. The van der Waals surface area contributed by atoms with Gasteiger partial charge in [-0.15, -0.1) is 0 Å². The predicted octanol–water partition coefficient (Wildman–Crippen LogP) is 3.86. The Bertz CT molecular complexity index is 930. The van der Waals surface area contributed by atoms with E-state index in [-0.39, 0.29) is 17.4 Å². The lowest BCUT2D eigenvalue weighted by Gasteiger charge is -2.40. The smallest absolute Gasteiger partial charge is 0.316 e. The summed E-state index contributed by atoms with van der Waals surface area (Å²) >= 11 is 0. The topological polar surface area (TPSA) is 64.4 Å². The molecule has 30 heavy (non-hydrogen) atoms. The average Bonchev–Trinajstić information content (AvgIpc) is 3.50. The van der Waals surface area contributed by atoms with Gasteiger partial charge in [0, 0.05) is 19.0 Å². The molecule has 1 saturated heterocycles. The molecule has 0 N–H and O–H groups in total. The van der Waals surface area contributed by atoms with Crippen LogP contribution in [-0.2, 0) is 20.5 Å². The molecule has 0 unspecified atom stereocenters. The zero-order valence-corrected chi connectivity index (χ0v) is 18.4. The lowest BCUT2D eigenvalue weighted by atomic mass is 9.72. The van der Waals surface area contributed by atoms with Crippen LogP contribution in [0.25, 0.3) is 0 Å². The molecular formula is C24H31N3O3. The Balaban J connectivity index is 1.58. The molecule has 2 aromatic rings. The number of methoxy groups -OCH3 is 1. The summed E-state index contributed by atoms with van der Waals surface area (Å²) in [6.45, 7) is 7.23. The van der Waals surface area contributed by atoms with Crippen LogP contribution in [0.15, 0.2) is 36.4 Å². The number of aromatic nitrogens is 2. The van der Waals surface area contributed by atoms with Gasteiger partial charge >= 0.3 is 5.97 Å². The predicted molar refractivity (Wildman–Crippen MR) is 114 cm³/mol. The third-order valence-electron chi connectivity index (χ3n) is 6.39. The molecule has 2 heterocycles. The summed E-state index contributed by atoms with van der Waals surface area (Å²) < 4.78 is 7.05. The number of carbonyl (C=O) groups excluding carboxylic acids is 2. The Morgan fingerprint density at radius 3 is 2.27 bits per heavy atom. The molecule has 0 radical (unpaired) electrons. The van der Waals surface area contributed by atoms with Gasteiger partial charge in [0.1, 0.15) is 5.69 Å². The van der Waals surface area contributed by atoms with Gasteiger partial charge in [0.2, 0.25) is 0 Å². The summed E-state index contributed by atoms with van der Waals surface area (Å²) in [5.74, 6) is 0.263. The van der Waals surface area contributed by atoms with Crippen molar-refractivity contribution >= 4 is 11.9 Å². The number of benzene rings is 1. The third-order valence-corrected chi connectivity index (χ3v) is 6.39. The second-order valence-corrected chi connectivity index (χ2v) is 9.54. The number of hydrogen-bond donors (Lipinski definition) is 0. The van der Waals surface area contributed by atoms with Gasteiger partial charge in [0.05, 0.1) is 23.8 Å². The van der Waals surface area contributed by atoms with E-state index in [4.69, 9.17) is 9.84 Å². The van der Waals surface area contributed by atoms with E-state index in [0.717, 1.165) is 24.1 Å². The molecule has 0 spiro atoms. The van der Waals surface area contributed by atoms with Crippen molar-refractivity contribution in [1.29, 1.82) is 0 Å². The van der Waals surface area contributed by atoms with Gasteiger partial charge in [-0.25, -0.2) is 0 Å². The molecule has 1 amide bonds. The van der Waals surface area contributed by atoms with Crippen LogP contribution in [0.5, 0.6) is 0 Å². The Morgan fingerprint density at radius 1 is 1.10 bits per heavy atom. The van der Waals surface area contributed by atoms with Crippen molar-refractivity contribution in [3.8, 4) is 0 Å². The molecule has 4 rings (SSSR count). The number of rotatable bonds is 4. The largest absolute Gasteiger partial charge is 0.468 e. The molecule has 2 fully saturated rings. The summed E-state index contributed by atoms with van der Waals surface area (Å²) in [4.78, 5) is 28.1. The molecule has 1 aliphatic carbocycles. The number of hydrogen-bond acceptors (Lipinski definition) is 4. The third kappa shape index (κ3) is 3.64. The van der Waals surface area contributed by atoms with E-state index in [9.17, 15) is 9.59 Å². The van der Waals surface area contributed by atoms with Crippen molar-refractivity contribution < 1.29 is 14.3 Å². The fourth-order valence-electron chi connectivity index (χ4n) is 4.46. The molecule has 160 valence electrons. The lowest BCUT2D eigenvalue weighted by Crippen LogP contribution is -2.50. The maximum Gasteiger partial charge on any atom is 0.316 e. The molecule has 1 aromatic heterocycles. The second kappa shape index (κ2) is 7.56. The molecule has 1 aliphatic heterocycles. The molecule has 6 heteroatoms. The number of nitrogens with zero attached hydrogens (tertiary/aromatic N) is 3. The number of likely N-dealkylation sites (tertiary alicyclic amines) is 1. The molecule has 6 nitrogen and oxygen atoms in total. The highest BCUT2D eigenvalue weighted by atomic mass is 16.5. The summed E-state index contributed by atoms with van der Waals surface area (Å²) in [6.07, 6.45) is 3.40. The van der Waals surface area contributed by atoms with Crippen LogP contribution in [0.4, 0.5) is 0 Å². The Labute approximate surface area is 178 Å². The minimum Gasteiger partial charge on any atom is -0.468 e. The van der Waals surface area contributed by atoms with E-state index < -0.39 is 5.41 Å². The Kier molecular flexibility index (Phi) is 5.20. The summed E-state index contributed by atoms with van der Waals surface area (Å²) in [5.41, 5.74) is 1.66. The first-order valence-electron chi connectivity index (χ1n) is 10.8. The molecular weight excluding hydrogens is 378 g/mol. The van der Waals surface area contributed by atoms with Gasteiger partial charge in [-0.1, -0.05) is 30.3 Å². The highest BCUT2D eigenvalue weighted by Crippen LogP contribution is 2.41. The number of esters is 1. The van der Waals surface area contributed by atoms with Gasteiger partial charge in [-0.05, 0) is 58.1 Å². The first-order valence-corrected chi connectivity index (χ1v) is 10.8. The standard InChI is InChI=1S/C24H31N3O3/c1-23(2,3)27-20(16-19(25-27)17-10-11-17)21(28)26-14-12-24(13-15-26,22(29)30-4)18-8-6-5-7-9-18/h5-9,16-17H,10-15H2,1-4H3. The van der Waals surface area contributed by atoms with Crippen LogP contribution >= 0.6 is 0 Å². The van der Waals surface area contributed by atoms with E-state index in [1.165, 1.54) is 7.11 Å². The van der Waals surface area contributed by atoms with Crippen molar-refractivity contribution in [1.82, 2.24) is 14.7 Å². The van der Waals surface area contributed by atoms with Gasteiger partial charge in [0.25, 0.3) is 5.91 Å². The van der Waals surface area contributed by atoms with Crippen LogP contribution in [0.3, 0.4) is 0 Å². The van der Waals surface area contributed by atoms with Crippen molar-refractivity contribution in [3.05, 3.63) is 53.3 Å². The molecule has 0 bridgehead atoms. The molecule has 2 aliphatic rings. The van der Waals surface area contributed by atoms with E-state index in [1.807, 2.05) is 46.0 Å². The fraction of sp³-hybridized carbons (Fsp3) is 0.542. The highest BCUT2D eigenvalue weighted by molar-refractivity contribution is 5.93. The SMILES string of the molecule is COC(=O)C1(c2ccccc2)CCN(C(=O)c2cc(C3CC3)nn2C(C)(C)C)CC1. The lowest BCUT2D eigenvalue weighted by molar-refractivity contribution is -0.149. The second-order valence-electron chi connectivity index (χ2n) is 9.54. The number of carbonyl (C=O) groups is 2. The first-order chi connectivity index (χ1) is 14.3. The van der Waals surface area contributed by atoms with Crippen molar-refractivity contribution in [2.75, 3.05) is 20.2 Å². The van der Waals surface area contributed by atoms with Crippen LogP contribution < -0.4 is 0 Å². The normalized spacial score (nSPS) is 18.9. The van der Waals surface area contributed by atoms with Crippen LogP contribution in [0, 0.1) is 0 Å². The molecule has 1 aromatic carbocycles. The average molecular weight is 410 g/mol. The van der Waals surface area contributed by atoms with E-state index >= 15 is 0 Å². The monoisotopic (exact) mass is 409 g/mol.